The third-order valence-electron chi connectivity index (χ3n) is 7.12. The zero-order valence-electron chi connectivity index (χ0n) is 20.8. The Morgan fingerprint density at radius 1 is 0.615 bits per heavy atom. The number of fused-ring (bicyclic) bond motifs is 4. The fourth-order valence-electron chi connectivity index (χ4n) is 5.32. The Labute approximate surface area is 228 Å². The van der Waals surface area contributed by atoms with Gasteiger partial charge in [0.15, 0.2) is 0 Å². The number of para-hydroxylation sites is 1. The molecule has 0 saturated heterocycles. The van der Waals surface area contributed by atoms with Gasteiger partial charge in [-0.25, -0.2) is 9.67 Å². The highest BCUT2D eigenvalue weighted by Crippen LogP contribution is 2.38. The monoisotopic (exact) mass is 519 g/mol. The van der Waals surface area contributed by atoms with Crippen molar-refractivity contribution in [2.24, 2.45) is 0 Å². The number of thiazole rings is 1. The van der Waals surface area contributed by atoms with E-state index in [0.29, 0.717) is 0 Å². The third kappa shape index (κ3) is 3.65. The van der Waals surface area contributed by atoms with Gasteiger partial charge in [0, 0.05) is 46.2 Å². The average molecular weight is 520 g/mol. The molecule has 0 spiro atoms. The van der Waals surface area contributed by atoms with Crippen molar-refractivity contribution in [2.45, 2.75) is 0 Å². The maximum Gasteiger partial charge on any atom is 0.124 e. The van der Waals surface area contributed by atoms with Crippen molar-refractivity contribution in [3.8, 4) is 33.2 Å². The van der Waals surface area contributed by atoms with Crippen LogP contribution in [-0.4, -0.2) is 24.3 Å². The molecule has 8 aromatic rings. The molecule has 4 aromatic heterocycles. The van der Waals surface area contributed by atoms with E-state index in [-0.39, 0.29) is 0 Å². The van der Waals surface area contributed by atoms with Gasteiger partial charge in [-0.1, -0.05) is 42.5 Å². The SMILES string of the molecule is c1ccc(-c2cccc(-n3c4ccc(-n5cccn5)cc4c4ccc(-c5nc6ccccc6s5)cc43)c2)nc1. The molecule has 0 aliphatic rings. The summed E-state index contributed by atoms with van der Waals surface area (Å²) < 4.78 is 5.45. The average Bonchev–Trinajstić information content (AvgIpc) is 3.75. The zero-order valence-corrected chi connectivity index (χ0v) is 21.6. The van der Waals surface area contributed by atoms with Crippen molar-refractivity contribution in [1.82, 2.24) is 24.3 Å². The van der Waals surface area contributed by atoms with Crippen LogP contribution in [0, 0.1) is 0 Å². The number of pyridine rings is 1. The first kappa shape index (κ1) is 22.0. The molecular weight excluding hydrogens is 498 g/mol. The predicted octanol–water partition coefficient (Wildman–Crippen LogP) is 8.31. The Morgan fingerprint density at radius 2 is 1.56 bits per heavy atom. The number of nitrogens with zero attached hydrogens (tertiary/aromatic N) is 5. The van der Waals surface area contributed by atoms with Crippen molar-refractivity contribution >= 4 is 43.4 Å². The first-order valence-corrected chi connectivity index (χ1v) is 13.6. The lowest BCUT2D eigenvalue weighted by Crippen LogP contribution is -1.96. The molecule has 0 N–H and O–H groups in total. The molecule has 0 radical (unpaired) electrons. The van der Waals surface area contributed by atoms with Crippen LogP contribution in [0.2, 0.25) is 0 Å². The van der Waals surface area contributed by atoms with Gasteiger partial charge in [0.2, 0.25) is 0 Å². The smallest absolute Gasteiger partial charge is 0.124 e. The normalized spacial score (nSPS) is 11.6. The molecule has 6 heteroatoms. The fourth-order valence-corrected chi connectivity index (χ4v) is 6.28. The fraction of sp³-hybridized carbons (Fsp3) is 0. The van der Waals surface area contributed by atoms with E-state index < -0.39 is 0 Å². The van der Waals surface area contributed by atoms with E-state index in [1.54, 1.807) is 17.5 Å². The molecule has 4 aromatic carbocycles. The topological polar surface area (TPSA) is 48.5 Å². The van der Waals surface area contributed by atoms with Crippen LogP contribution in [0.3, 0.4) is 0 Å². The van der Waals surface area contributed by atoms with Gasteiger partial charge >= 0.3 is 0 Å². The third-order valence-corrected chi connectivity index (χ3v) is 8.21. The van der Waals surface area contributed by atoms with E-state index in [2.05, 4.69) is 93.5 Å². The van der Waals surface area contributed by atoms with Gasteiger partial charge in [0.05, 0.1) is 32.6 Å². The number of aromatic nitrogens is 5. The molecule has 0 saturated carbocycles. The molecule has 4 heterocycles. The van der Waals surface area contributed by atoms with Crippen LogP contribution >= 0.6 is 11.3 Å². The summed E-state index contributed by atoms with van der Waals surface area (Å²) in [6, 6.07) is 38.1. The second kappa shape index (κ2) is 8.75. The van der Waals surface area contributed by atoms with Gasteiger partial charge in [-0.2, -0.15) is 5.10 Å². The summed E-state index contributed by atoms with van der Waals surface area (Å²) in [5.74, 6) is 0. The molecule has 0 bridgehead atoms. The molecule has 8 rings (SSSR count). The van der Waals surface area contributed by atoms with Crippen molar-refractivity contribution in [2.75, 3.05) is 0 Å². The number of rotatable bonds is 4. The molecule has 39 heavy (non-hydrogen) atoms. The lowest BCUT2D eigenvalue weighted by atomic mass is 10.1. The molecule has 0 amide bonds. The predicted molar refractivity (Wildman–Crippen MR) is 160 cm³/mol. The number of hydrogen-bond acceptors (Lipinski definition) is 4. The van der Waals surface area contributed by atoms with Crippen molar-refractivity contribution in [1.29, 1.82) is 0 Å². The molecule has 0 atom stereocenters. The Morgan fingerprint density at radius 3 is 2.44 bits per heavy atom. The van der Waals surface area contributed by atoms with E-state index in [1.165, 1.54) is 15.5 Å². The lowest BCUT2D eigenvalue weighted by Gasteiger charge is -2.11. The molecular formula is C33H21N5S. The Hall–Kier alpha value is -5.07. The highest BCUT2D eigenvalue weighted by Gasteiger charge is 2.16. The minimum absolute atomic E-state index is 0.955. The minimum Gasteiger partial charge on any atom is -0.309 e. The number of benzene rings is 4. The lowest BCUT2D eigenvalue weighted by molar-refractivity contribution is 0.882. The summed E-state index contributed by atoms with van der Waals surface area (Å²) in [6.45, 7) is 0. The summed E-state index contributed by atoms with van der Waals surface area (Å²) >= 11 is 1.73. The van der Waals surface area contributed by atoms with Gasteiger partial charge < -0.3 is 4.57 Å². The van der Waals surface area contributed by atoms with E-state index in [1.807, 2.05) is 47.4 Å². The maximum atomic E-state index is 4.94. The van der Waals surface area contributed by atoms with E-state index >= 15 is 0 Å². The molecule has 0 aliphatic heterocycles. The second-order valence-electron chi connectivity index (χ2n) is 9.47. The van der Waals surface area contributed by atoms with Gasteiger partial charge in [0.1, 0.15) is 5.01 Å². The molecule has 0 unspecified atom stereocenters. The Balaban J connectivity index is 1.39. The standard InChI is InChI=1S/C33H21N5S/c1-2-11-32-29(10-1)36-33(39-32)23-12-14-26-27-21-24(37-18-6-17-35-37)13-15-30(27)38(31(26)20-23)25-8-5-7-22(19-25)28-9-3-4-16-34-28/h1-21H. The van der Waals surface area contributed by atoms with Crippen LogP contribution in [0.25, 0.3) is 65.2 Å². The van der Waals surface area contributed by atoms with Crippen LogP contribution < -0.4 is 0 Å². The summed E-state index contributed by atoms with van der Waals surface area (Å²) in [7, 11) is 0. The summed E-state index contributed by atoms with van der Waals surface area (Å²) in [5.41, 5.74) is 8.58. The first-order chi connectivity index (χ1) is 19.3. The van der Waals surface area contributed by atoms with E-state index in [9.17, 15) is 0 Å². The van der Waals surface area contributed by atoms with Crippen LogP contribution in [-0.2, 0) is 0 Å². The quantitative estimate of drug-likeness (QED) is 0.235. The molecule has 184 valence electrons. The molecule has 0 aliphatic carbocycles. The van der Waals surface area contributed by atoms with Crippen molar-refractivity contribution < 1.29 is 0 Å². The zero-order chi connectivity index (χ0) is 25.8. The van der Waals surface area contributed by atoms with Crippen LogP contribution in [0.1, 0.15) is 0 Å². The summed E-state index contributed by atoms with van der Waals surface area (Å²) in [6.07, 6.45) is 5.62. The molecule has 0 fully saturated rings. The Bertz CT molecular complexity index is 2090. The van der Waals surface area contributed by atoms with Gasteiger partial charge in [0.25, 0.3) is 0 Å². The van der Waals surface area contributed by atoms with Crippen LogP contribution in [0.15, 0.2) is 128 Å². The minimum atomic E-state index is 0.955. The second-order valence-corrected chi connectivity index (χ2v) is 10.5. The van der Waals surface area contributed by atoms with Gasteiger partial charge in [-0.3, -0.25) is 4.98 Å². The van der Waals surface area contributed by atoms with Gasteiger partial charge in [-0.05, 0) is 66.7 Å². The Kier molecular flexibility index (Phi) is 4.93. The maximum absolute atomic E-state index is 4.94. The van der Waals surface area contributed by atoms with Crippen molar-refractivity contribution in [3.63, 3.8) is 0 Å². The van der Waals surface area contributed by atoms with Crippen LogP contribution in [0.4, 0.5) is 0 Å². The largest absolute Gasteiger partial charge is 0.309 e. The summed E-state index contributed by atoms with van der Waals surface area (Å²) in [5, 5.41) is 7.84. The van der Waals surface area contributed by atoms with Crippen LogP contribution in [0.5, 0.6) is 0 Å². The van der Waals surface area contributed by atoms with Crippen molar-refractivity contribution in [3.05, 3.63) is 128 Å². The highest BCUT2D eigenvalue weighted by molar-refractivity contribution is 7.21. The van der Waals surface area contributed by atoms with Gasteiger partial charge in [-0.15, -0.1) is 11.3 Å². The summed E-state index contributed by atoms with van der Waals surface area (Å²) in [4.78, 5) is 9.52. The van der Waals surface area contributed by atoms with E-state index in [0.717, 1.165) is 49.8 Å². The molecule has 5 nitrogen and oxygen atoms in total. The van der Waals surface area contributed by atoms with E-state index in [4.69, 9.17) is 4.98 Å². The first-order valence-electron chi connectivity index (χ1n) is 12.8. The highest BCUT2D eigenvalue weighted by atomic mass is 32.1. The number of hydrogen-bond donors (Lipinski definition) is 0.